The summed E-state index contributed by atoms with van der Waals surface area (Å²) in [5.41, 5.74) is 1.28. The molecular formula is C21H29N3O3. The molecule has 2 fully saturated rings. The summed E-state index contributed by atoms with van der Waals surface area (Å²) in [6, 6.07) is 10.5. The summed E-state index contributed by atoms with van der Waals surface area (Å²) < 4.78 is 5.87. The van der Waals surface area contributed by atoms with Crippen molar-refractivity contribution in [3.05, 3.63) is 30.3 Å². The van der Waals surface area contributed by atoms with Crippen LogP contribution in [0.1, 0.15) is 19.3 Å². The van der Waals surface area contributed by atoms with E-state index in [1.165, 1.54) is 5.69 Å². The largest absolute Gasteiger partial charge is 0.390 e. The van der Waals surface area contributed by atoms with Crippen molar-refractivity contribution < 1.29 is 14.6 Å². The molecule has 0 radical (unpaired) electrons. The van der Waals surface area contributed by atoms with Gasteiger partial charge in [0, 0.05) is 38.4 Å². The Morgan fingerprint density at radius 3 is 2.67 bits per heavy atom. The van der Waals surface area contributed by atoms with Crippen LogP contribution in [0.4, 0.5) is 5.69 Å². The number of hydrogen-bond acceptors (Lipinski definition) is 5. The summed E-state index contributed by atoms with van der Waals surface area (Å²) in [4.78, 5) is 16.9. The van der Waals surface area contributed by atoms with Crippen LogP contribution in [-0.2, 0) is 9.53 Å². The van der Waals surface area contributed by atoms with Crippen molar-refractivity contribution in [2.45, 2.75) is 37.6 Å². The molecule has 3 atom stereocenters. The summed E-state index contributed by atoms with van der Waals surface area (Å²) in [6.07, 6.45) is 5.84. The quantitative estimate of drug-likeness (QED) is 0.726. The fourth-order valence-electron chi connectivity index (χ4n) is 3.76. The Morgan fingerprint density at radius 2 is 1.96 bits per heavy atom. The molecule has 2 aliphatic heterocycles. The zero-order chi connectivity index (χ0) is 19.1. The maximum absolute atomic E-state index is 12.1. The van der Waals surface area contributed by atoms with Crippen LogP contribution in [0.25, 0.3) is 0 Å². The third-order valence-corrected chi connectivity index (χ3v) is 5.36. The molecule has 3 rings (SSSR count). The molecule has 146 valence electrons. The minimum absolute atomic E-state index is 0.00198. The number of para-hydroxylation sites is 1. The predicted molar refractivity (Wildman–Crippen MR) is 105 cm³/mol. The van der Waals surface area contributed by atoms with Crippen LogP contribution in [0.3, 0.4) is 0 Å². The first kappa shape index (κ1) is 19.7. The summed E-state index contributed by atoms with van der Waals surface area (Å²) in [5, 5.41) is 12.7. The highest BCUT2D eigenvalue weighted by Gasteiger charge is 2.35. The van der Waals surface area contributed by atoms with E-state index in [1.807, 2.05) is 6.07 Å². The van der Waals surface area contributed by atoms with Crippen LogP contribution >= 0.6 is 0 Å². The summed E-state index contributed by atoms with van der Waals surface area (Å²) in [5.74, 6) is 2.05. The molecule has 27 heavy (non-hydrogen) atoms. The zero-order valence-electron chi connectivity index (χ0n) is 15.7. The summed E-state index contributed by atoms with van der Waals surface area (Å²) in [7, 11) is 0. The smallest absolute Gasteiger partial charge is 0.252 e. The number of rotatable bonds is 6. The van der Waals surface area contributed by atoms with Gasteiger partial charge in [-0.2, -0.15) is 0 Å². The third kappa shape index (κ3) is 5.46. The van der Waals surface area contributed by atoms with E-state index in [2.05, 4.69) is 45.3 Å². The Balaban J connectivity index is 1.41. The van der Waals surface area contributed by atoms with E-state index in [-0.39, 0.29) is 18.6 Å². The van der Waals surface area contributed by atoms with Gasteiger partial charge in [0.05, 0.1) is 18.8 Å². The lowest BCUT2D eigenvalue weighted by Crippen LogP contribution is -2.50. The van der Waals surface area contributed by atoms with Crippen LogP contribution in [0.5, 0.6) is 0 Å². The molecule has 2 heterocycles. The minimum atomic E-state index is -0.813. The first-order chi connectivity index (χ1) is 13.2. The topological polar surface area (TPSA) is 65.0 Å². The van der Waals surface area contributed by atoms with Gasteiger partial charge in [-0.05, 0) is 31.4 Å². The molecule has 0 aromatic heterocycles. The van der Waals surface area contributed by atoms with Gasteiger partial charge in [0.2, 0.25) is 0 Å². The van der Waals surface area contributed by atoms with E-state index in [0.717, 1.165) is 45.6 Å². The molecular weight excluding hydrogens is 342 g/mol. The number of terminal acetylenes is 1. The lowest BCUT2D eigenvalue weighted by molar-refractivity contribution is -0.158. The van der Waals surface area contributed by atoms with Gasteiger partial charge in [-0.3, -0.25) is 9.69 Å². The molecule has 1 amide bonds. The normalized spacial score (nSPS) is 26.4. The van der Waals surface area contributed by atoms with Gasteiger partial charge in [-0.1, -0.05) is 24.1 Å². The second-order valence-electron chi connectivity index (χ2n) is 7.20. The Labute approximate surface area is 161 Å². The van der Waals surface area contributed by atoms with E-state index in [9.17, 15) is 9.90 Å². The molecule has 2 aliphatic rings. The number of aliphatic hydroxyl groups excluding tert-OH is 1. The number of ether oxygens (including phenoxy) is 1. The molecule has 0 bridgehead atoms. The second-order valence-corrected chi connectivity index (χ2v) is 7.20. The van der Waals surface area contributed by atoms with Crippen LogP contribution in [0.2, 0.25) is 0 Å². The number of nitrogens with one attached hydrogen (secondary N) is 1. The lowest BCUT2D eigenvalue weighted by Gasteiger charge is -2.38. The van der Waals surface area contributed by atoms with Gasteiger partial charge in [0.25, 0.3) is 5.91 Å². The minimum Gasteiger partial charge on any atom is -0.390 e. The monoisotopic (exact) mass is 371 g/mol. The number of anilines is 1. The first-order valence-corrected chi connectivity index (χ1v) is 9.74. The SMILES string of the molecule is C#CCNC(=O)[C@H]1O[C@H](CCN2CCN(c3ccccc3)CC2)CC[C@@H]1O. The van der Waals surface area contributed by atoms with Crippen LogP contribution in [-0.4, -0.2) is 73.5 Å². The Hall–Kier alpha value is -2.07. The van der Waals surface area contributed by atoms with Crippen molar-refractivity contribution in [1.29, 1.82) is 0 Å². The van der Waals surface area contributed by atoms with Crippen molar-refractivity contribution in [2.75, 3.05) is 44.2 Å². The molecule has 0 aliphatic carbocycles. The molecule has 0 spiro atoms. The number of hydrogen-bond donors (Lipinski definition) is 2. The standard InChI is InChI=1S/C21H29N3O3/c1-2-11-22-21(26)20-19(25)9-8-18(27-20)10-12-23-13-15-24(16-14-23)17-6-4-3-5-7-17/h1,3-7,18-20,25H,8-16H2,(H,22,26)/t18-,19-,20-/m0/s1. The molecule has 2 N–H and O–H groups in total. The average molecular weight is 371 g/mol. The van der Waals surface area contributed by atoms with Crippen LogP contribution in [0.15, 0.2) is 30.3 Å². The number of amides is 1. The number of nitrogens with zero attached hydrogens (tertiary/aromatic N) is 2. The molecule has 1 aromatic rings. The van der Waals surface area contributed by atoms with E-state index < -0.39 is 12.2 Å². The van der Waals surface area contributed by atoms with Gasteiger partial charge in [-0.25, -0.2) is 0 Å². The van der Waals surface area contributed by atoms with Crippen molar-refractivity contribution in [2.24, 2.45) is 0 Å². The Bertz CT molecular complexity index is 638. The maximum atomic E-state index is 12.1. The maximum Gasteiger partial charge on any atom is 0.252 e. The van der Waals surface area contributed by atoms with E-state index in [4.69, 9.17) is 11.2 Å². The molecule has 0 saturated carbocycles. The van der Waals surface area contributed by atoms with Gasteiger partial charge in [0.15, 0.2) is 6.10 Å². The summed E-state index contributed by atoms with van der Waals surface area (Å²) in [6.45, 7) is 5.19. The van der Waals surface area contributed by atoms with Gasteiger partial charge in [0.1, 0.15) is 0 Å². The molecule has 6 heteroatoms. The van der Waals surface area contributed by atoms with E-state index in [0.29, 0.717) is 6.42 Å². The van der Waals surface area contributed by atoms with Crippen LogP contribution in [0, 0.1) is 12.3 Å². The fourth-order valence-corrected chi connectivity index (χ4v) is 3.76. The highest BCUT2D eigenvalue weighted by atomic mass is 16.5. The molecule has 6 nitrogen and oxygen atoms in total. The zero-order valence-corrected chi connectivity index (χ0v) is 15.7. The average Bonchev–Trinajstić information content (AvgIpc) is 2.72. The Morgan fingerprint density at radius 1 is 1.22 bits per heavy atom. The van der Waals surface area contributed by atoms with Gasteiger partial charge in [-0.15, -0.1) is 6.42 Å². The second kappa shape index (κ2) is 9.75. The highest BCUT2D eigenvalue weighted by Crippen LogP contribution is 2.23. The molecule has 2 saturated heterocycles. The highest BCUT2D eigenvalue weighted by molar-refractivity contribution is 5.81. The van der Waals surface area contributed by atoms with Crippen molar-refractivity contribution in [3.8, 4) is 12.3 Å². The van der Waals surface area contributed by atoms with Crippen molar-refractivity contribution >= 4 is 11.6 Å². The van der Waals surface area contributed by atoms with Gasteiger partial charge < -0.3 is 20.1 Å². The Kier molecular flexibility index (Phi) is 7.11. The predicted octanol–water partition coefficient (Wildman–Crippen LogP) is 0.857. The molecule has 0 unspecified atom stereocenters. The third-order valence-electron chi connectivity index (χ3n) is 5.36. The summed E-state index contributed by atoms with van der Waals surface area (Å²) >= 11 is 0. The number of carbonyl (C=O) groups is 1. The van der Waals surface area contributed by atoms with Crippen molar-refractivity contribution in [3.63, 3.8) is 0 Å². The first-order valence-electron chi connectivity index (χ1n) is 9.74. The number of carbonyl (C=O) groups excluding carboxylic acids is 1. The van der Waals surface area contributed by atoms with E-state index >= 15 is 0 Å². The fraction of sp³-hybridized carbons (Fsp3) is 0.571. The number of benzene rings is 1. The number of piperazine rings is 1. The van der Waals surface area contributed by atoms with E-state index in [1.54, 1.807) is 0 Å². The lowest BCUT2D eigenvalue weighted by atomic mass is 9.98. The molecule has 1 aromatic carbocycles. The number of aliphatic hydroxyl groups is 1. The van der Waals surface area contributed by atoms with Crippen LogP contribution < -0.4 is 10.2 Å². The van der Waals surface area contributed by atoms with Crippen molar-refractivity contribution in [1.82, 2.24) is 10.2 Å². The van der Waals surface area contributed by atoms with Gasteiger partial charge >= 0.3 is 0 Å².